The Hall–Kier alpha value is -0.860. The fourth-order valence-electron chi connectivity index (χ4n) is 1.58. The molecule has 0 heterocycles. The maximum absolute atomic E-state index is 9.84. The number of rotatable bonds is 4. The molecule has 0 spiro atoms. The minimum atomic E-state index is -0.407. The number of ether oxygens (including phenoxy) is 1. The van der Waals surface area contributed by atoms with Gasteiger partial charge in [-0.3, -0.25) is 0 Å². The Morgan fingerprint density at radius 3 is 2.64 bits per heavy atom. The molecule has 0 fully saturated rings. The van der Waals surface area contributed by atoms with Crippen LogP contribution in [0.1, 0.15) is 29.2 Å². The van der Waals surface area contributed by atoms with Gasteiger partial charge in [-0.2, -0.15) is 0 Å². The van der Waals surface area contributed by atoms with Crippen LogP contribution in [0.5, 0.6) is 0 Å². The molecule has 0 saturated carbocycles. The third kappa shape index (κ3) is 2.82. The van der Waals surface area contributed by atoms with Crippen molar-refractivity contribution in [3.8, 4) is 0 Å². The molecule has 2 nitrogen and oxygen atoms in total. The van der Waals surface area contributed by atoms with Gasteiger partial charge in [0.05, 0.1) is 6.10 Å². The summed E-state index contributed by atoms with van der Waals surface area (Å²) >= 11 is 0. The van der Waals surface area contributed by atoms with E-state index in [4.69, 9.17) is 4.74 Å². The number of methoxy groups -OCH3 is 1. The van der Waals surface area contributed by atoms with Crippen molar-refractivity contribution in [2.45, 2.75) is 26.4 Å². The molecule has 1 unspecified atom stereocenters. The smallest absolute Gasteiger partial charge is 0.0814 e. The van der Waals surface area contributed by atoms with Crippen LogP contribution in [0, 0.1) is 13.8 Å². The lowest BCUT2D eigenvalue weighted by molar-refractivity contribution is 0.110. The van der Waals surface area contributed by atoms with E-state index >= 15 is 0 Å². The quantitative estimate of drug-likeness (QED) is 0.797. The second-order valence-corrected chi connectivity index (χ2v) is 3.66. The van der Waals surface area contributed by atoms with E-state index in [2.05, 4.69) is 13.0 Å². The van der Waals surface area contributed by atoms with Crippen LogP contribution >= 0.6 is 0 Å². The second kappa shape index (κ2) is 5.13. The van der Waals surface area contributed by atoms with Crippen LogP contribution in [0.2, 0.25) is 0 Å². The first-order chi connectivity index (χ1) is 6.65. The number of benzene rings is 1. The summed E-state index contributed by atoms with van der Waals surface area (Å²) in [6, 6.07) is 6.11. The molecular weight excluding hydrogens is 176 g/mol. The number of aliphatic hydroxyl groups excluding tert-OH is 1. The van der Waals surface area contributed by atoms with E-state index in [1.54, 1.807) is 7.11 Å². The summed E-state index contributed by atoms with van der Waals surface area (Å²) in [7, 11) is 1.65. The van der Waals surface area contributed by atoms with Gasteiger partial charge < -0.3 is 9.84 Å². The fourth-order valence-corrected chi connectivity index (χ4v) is 1.58. The normalized spacial score (nSPS) is 12.9. The summed E-state index contributed by atoms with van der Waals surface area (Å²) in [5.41, 5.74) is 3.38. The van der Waals surface area contributed by atoms with E-state index < -0.39 is 6.10 Å². The minimum absolute atomic E-state index is 0.407. The summed E-state index contributed by atoms with van der Waals surface area (Å²) in [5.74, 6) is 0. The van der Waals surface area contributed by atoms with Gasteiger partial charge in [-0.15, -0.1) is 0 Å². The van der Waals surface area contributed by atoms with Crippen LogP contribution in [-0.4, -0.2) is 18.8 Å². The fraction of sp³-hybridized carbons (Fsp3) is 0.500. The average molecular weight is 194 g/mol. The Kier molecular flexibility index (Phi) is 4.11. The molecule has 0 amide bonds. The number of hydrogen-bond acceptors (Lipinski definition) is 2. The zero-order valence-electron chi connectivity index (χ0n) is 9.08. The number of aryl methyl sites for hydroxylation is 2. The molecule has 0 aromatic heterocycles. The van der Waals surface area contributed by atoms with Crippen molar-refractivity contribution in [3.05, 3.63) is 34.9 Å². The van der Waals surface area contributed by atoms with Crippen LogP contribution in [0.3, 0.4) is 0 Å². The van der Waals surface area contributed by atoms with Crippen molar-refractivity contribution in [1.29, 1.82) is 0 Å². The molecule has 2 heteroatoms. The van der Waals surface area contributed by atoms with Gasteiger partial charge in [0.2, 0.25) is 0 Å². The standard InChI is InChI=1S/C12H18O2/c1-9-4-5-11(10(2)8-9)12(13)6-7-14-3/h4-5,8,12-13H,6-7H2,1-3H3. The van der Waals surface area contributed by atoms with Crippen LogP contribution in [0.25, 0.3) is 0 Å². The third-order valence-electron chi connectivity index (χ3n) is 2.38. The van der Waals surface area contributed by atoms with Gasteiger partial charge in [0.25, 0.3) is 0 Å². The molecule has 0 aliphatic rings. The predicted molar refractivity (Wildman–Crippen MR) is 57.4 cm³/mol. The molecule has 0 radical (unpaired) electrons. The molecule has 1 atom stereocenters. The van der Waals surface area contributed by atoms with Gasteiger partial charge in [0.15, 0.2) is 0 Å². The monoisotopic (exact) mass is 194 g/mol. The summed E-state index contributed by atoms with van der Waals surface area (Å²) in [6.07, 6.45) is 0.246. The highest BCUT2D eigenvalue weighted by atomic mass is 16.5. The van der Waals surface area contributed by atoms with Crippen molar-refractivity contribution in [1.82, 2.24) is 0 Å². The van der Waals surface area contributed by atoms with Gasteiger partial charge in [-0.1, -0.05) is 23.8 Å². The highest BCUT2D eigenvalue weighted by Gasteiger charge is 2.09. The molecule has 1 N–H and O–H groups in total. The molecule has 1 rings (SSSR count). The Balaban J connectivity index is 2.74. The topological polar surface area (TPSA) is 29.5 Å². The Labute approximate surface area is 85.5 Å². The molecular formula is C12H18O2. The van der Waals surface area contributed by atoms with Crippen molar-refractivity contribution >= 4 is 0 Å². The lowest BCUT2D eigenvalue weighted by atomic mass is 9.99. The summed E-state index contributed by atoms with van der Waals surface area (Å²) < 4.78 is 4.94. The minimum Gasteiger partial charge on any atom is -0.388 e. The van der Waals surface area contributed by atoms with Gasteiger partial charge in [0, 0.05) is 20.1 Å². The van der Waals surface area contributed by atoms with E-state index in [-0.39, 0.29) is 0 Å². The van der Waals surface area contributed by atoms with Crippen LogP contribution in [0.4, 0.5) is 0 Å². The molecule has 0 saturated heterocycles. The molecule has 1 aromatic rings. The van der Waals surface area contributed by atoms with Gasteiger partial charge >= 0.3 is 0 Å². The van der Waals surface area contributed by atoms with Gasteiger partial charge in [0.1, 0.15) is 0 Å². The molecule has 78 valence electrons. The third-order valence-corrected chi connectivity index (χ3v) is 2.38. The van der Waals surface area contributed by atoms with E-state index in [1.165, 1.54) is 5.56 Å². The zero-order valence-corrected chi connectivity index (χ0v) is 9.08. The Bertz CT molecular complexity index is 294. The maximum Gasteiger partial charge on any atom is 0.0814 e. The maximum atomic E-state index is 9.84. The van der Waals surface area contributed by atoms with Crippen molar-refractivity contribution in [2.24, 2.45) is 0 Å². The highest BCUT2D eigenvalue weighted by molar-refractivity contribution is 5.31. The summed E-state index contributed by atoms with van der Waals surface area (Å²) in [6.45, 7) is 4.67. The summed E-state index contributed by atoms with van der Waals surface area (Å²) in [5, 5.41) is 9.84. The van der Waals surface area contributed by atoms with Crippen LogP contribution in [-0.2, 0) is 4.74 Å². The number of aliphatic hydroxyl groups is 1. The SMILES string of the molecule is COCCC(O)c1ccc(C)cc1C. The molecule has 0 aliphatic carbocycles. The lowest BCUT2D eigenvalue weighted by Gasteiger charge is -2.13. The lowest BCUT2D eigenvalue weighted by Crippen LogP contribution is -2.03. The zero-order chi connectivity index (χ0) is 10.6. The predicted octanol–water partition coefficient (Wildman–Crippen LogP) is 2.37. The van der Waals surface area contributed by atoms with Crippen LogP contribution in [0.15, 0.2) is 18.2 Å². The first-order valence-corrected chi connectivity index (χ1v) is 4.89. The molecule has 0 aliphatic heterocycles. The van der Waals surface area contributed by atoms with E-state index in [9.17, 15) is 5.11 Å². The van der Waals surface area contributed by atoms with Crippen molar-refractivity contribution in [3.63, 3.8) is 0 Å². The average Bonchev–Trinajstić information content (AvgIpc) is 2.14. The first kappa shape index (κ1) is 11.2. The molecule has 1 aromatic carbocycles. The first-order valence-electron chi connectivity index (χ1n) is 4.89. The number of hydrogen-bond donors (Lipinski definition) is 1. The largest absolute Gasteiger partial charge is 0.388 e. The van der Waals surface area contributed by atoms with E-state index in [0.717, 1.165) is 11.1 Å². The Morgan fingerprint density at radius 1 is 1.36 bits per heavy atom. The van der Waals surface area contributed by atoms with Gasteiger partial charge in [-0.05, 0) is 25.0 Å². The van der Waals surface area contributed by atoms with E-state index in [0.29, 0.717) is 13.0 Å². The van der Waals surface area contributed by atoms with Crippen molar-refractivity contribution in [2.75, 3.05) is 13.7 Å². The van der Waals surface area contributed by atoms with E-state index in [1.807, 2.05) is 19.1 Å². The van der Waals surface area contributed by atoms with Crippen molar-refractivity contribution < 1.29 is 9.84 Å². The highest BCUT2D eigenvalue weighted by Crippen LogP contribution is 2.21. The van der Waals surface area contributed by atoms with Gasteiger partial charge in [-0.25, -0.2) is 0 Å². The van der Waals surface area contributed by atoms with Crippen LogP contribution < -0.4 is 0 Å². The summed E-state index contributed by atoms with van der Waals surface area (Å²) in [4.78, 5) is 0. The second-order valence-electron chi connectivity index (χ2n) is 3.66. The molecule has 0 bridgehead atoms. The Morgan fingerprint density at radius 2 is 2.07 bits per heavy atom. The molecule has 14 heavy (non-hydrogen) atoms.